The molecule has 2 aromatic heterocycles. The van der Waals surface area contributed by atoms with E-state index in [2.05, 4.69) is 15.2 Å². The highest BCUT2D eigenvalue weighted by Crippen LogP contribution is 2.24. The molecule has 0 aliphatic carbocycles. The summed E-state index contributed by atoms with van der Waals surface area (Å²) >= 11 is 1.48. The molecule has 0 aliphatic heterocycles. The van der Waals surface area contributed by atoms with Gasteiger partial charge < -0.3 is 4.74 Å². The second-order valence-electron chi connectivity index (χ2n) is 3.51. The topological polar surface area (TPSA) is 50.8 Å². The third-order valence-corrected chi connectivity index (χ3v) is 2.99. The maximum Gasteiger partial charge on any atom is 0.165 e. The molecular weight excluding hydrogens is 241 g/mol. The molecule has 3 rings (SSSR count). The Bertz CT molecular complexity index is 635. The summed E-state index contributed by atoms with van der Waals surface area (Å²) in [4.78, 5) is 4.06. The quantitative estimate of drug-likeness (QED) is 0.776. The summed E-state index contributed by atoms with van der Waals surface area (Å²) in [5, 5.41) is 9.20. The number of nitrogens with one attached hydrogen (secondary N) is 1. The first-order valence-corrected chi connectivity index (χ1v) is 5.90. The van der Waals surface area contributed by atoms with Crippen LogP contribution in [0.3, 0.4) is 0 Å². The van der Waals surface area contributed by atoms with E-state index < -0.39 is 5.82 Å². The zero-order valence-corrected chi connectivity index (χ0v) is 9.50. The van der Waals surface area contributed by atoms with E-state index in [0.717, 1.165) is 16.6 Å². The molecule has 4 nitrogen and oxygen atoms in total. The second kappa shape index (κ2) is 4.14. The molecule has 0 spiro atoms. The van der Waals surface area contributed by atoms with Crippen LogP contribution in [0.25, 0.3) is 10.9 Å². The molecule has 17 heavy (non-hydrogen) atoms. The highest BCUT2D eigenvalue weighted by Gasteiger charge is 2.07. The van der Waals surface area contributed by atoms with Crippen molar-refractivity contribution in [2.24, 2.45) is 0 Å². The maximum absolute atomic E-state index is 13.6. The van der Waals surface area contributed by atoms with Gasteiger partial charge in [-0.1, -0.05) is 0 Å². The van der Waals surface area contributed by atoms with E-state index >= 15 is 0 Å². The molecule has 3 aromatic rings. The van der Waals surface area contributed by atoms with Gasteiger partial charge in [-0.05, 0) is 6.07 Å². The third-order valence-electron chi connectivity index (χ3n) is 2.35. The lowest BCUT2D eigenvalue weighted by Crippen LogP contribution is -1.97. The van der Waals surface area contributed by atoms with E-state index in [1.807, 2.05) is 5.38 Å². The van der Waals surface area contributed by atoms with Gasteiger partial charge in [0.25, 0.3) is 0 Å². The van der Waals surface area contributed by atoms with E-state index in [9.17, 15) is 4.39 Å². The number of thiazole rings is 1. The summed E-state index contributed by atoms with van der Waals surface area (Å²) in [5.41, 5.74) is 3.26. The summed E-state index contributed by atoms with van der Waals surface area (Å²) in [6.45, 7) is 0.264. The highest BCUT2D eigenvalue weighted by atomic mass is 32.1. The number of rotatable bonds is 3. The van der Waals surface area contributed by atoms with Crippen LogP contribution >= 0.6 is 11.3 Å². The van der Waals surface area contributed by atoms with Crippen LogP contribution in [0.1, 0.15) is 5.69 Å². The van der Waals surface area contributed by atoms with E-state index in [4.69, 9.17) is 4.74 Å². The summed E-state index contributed by atoms with van der Waals surface area (Å²) in [6, 6.07) is 3.00. The molecule has 0 saturated heterocycles. The molecule has 0 saturated carbocycles. The van der Waals surface area contributed by atoms with Gasteiger partial charge in [0.2, 0.25) is 0 Å². The average molecular weight is 249 g/mol. The summed E-state index contributed by atoms with van der Waals surface area (Å²) in [7, 11) is 0. The van der Waals surface area contributed by atoms with Crippen molar-refractivity contribution in [2.75, 3.05) is 0 Å². The number of nitrogens with zero attached hydrogens (tertiary/aromatic N) is 2. The molecule has 86 valence electrons. The molecule has 0 aliphatic rings. The predicted molar refractivity (Wildman–Crippen MR) is 62.5 cm³/mol. The fourth-order valence-corrected chi connectivity index (χ4v) is 2.06. The Balaban J connectivity index is 1.86. The first kappa shape index (κ1) is 10.2. The number of hydrogen-bond acceptors (Lipinski definition) is 4. The highest BCUT2D eigenvalue weighted by molar-refractivity contribution is 7.07. The minimum Gasteiger partial charge on any atom is -0.484 e. The molecule has 0 fully saturated rings. The lowest BCUT2D eigenvalue weighted by Gasteiger charge is -2.05. The number of H-pyrrole nitrogens is 1. The van der Waals surface area contributed by atoms with Gasteiger partial charge in [-0.25, -0.2) is 9.37 Å². The number of fused-ring (bicyclic) bond motifs is 1. The van der Waals surface area contributed by atoms with Gasteiger partial charge in [0, 0.05) is 16.8 Å². The fourth-order valence-electron chi connectivity index (χ4n) is 1.51. The smallest absolute Gasteiger partial charge is 0.165 e. The van der Waals surface area contributed by atoms with Crippen molar-refractivity contribution in [1.29, 1.82) is 0 Å². The minimum atomic E-state index is -0.394. The summed E-state index contributed by atoms with van der Waals surface area (Å²) < 4.78 is 19.0. The van der Waals surface area contributed by atoms with E-state index in [0.29, 0.717) is 0 Å². The zero-order valence-electron chi connectivity index (χ0n) is 8.68. The standard InChI is InChI=1S/C11H8FN3OS/c12-9-1-7-3-14-15-10(7)2-11(9)16-4-8-5-17-6-13-8/h1-3,5-6H,4H2,(H,14,15). The van der Waals surface area contributed by atoms with Crippen molar-refractivity contribution in [3.63, 3.8) is 0 Å². The van der Waals surface area contributed by atoms with Crippen LogP contribution in [-0.2, 0) is 6.61 Å². The van der Waals surface area contributed by atoms with Crippen LogP contribution in [0, 0.1) is 5.82 Å². The second-order valence-corrected chi connectivity index (χ2v) is 4.23. The molecule has 0 atom stereocenters. The van der Waals surface area contributed by atoms with Crippen LogP contribution in [0.4, 0.5) is 4.39 Å². The van der Waals surface area contributed by atoms with E-state index in [1.165, 1.54) is 17.4 Å². The first-order chi connectivity index (χ1) is 8.33. The number of aromatic nitrogens is 3. The number of ether oxygens (including phenoxy) is 1. The average Bonchev–Trinajstić information content (AvgIpc) is 2.95. The fraction of sp³-hybridized carbons (Fsp3) is 0.0909. The Kier molecular flexibility index (Phi) is 2.49. The van der Waals surface area contributed by atoms with Gasteiger partial charge in [0.15, 0.2) is 11.6 Å². The molecule has 0 radical (unpaired) electrons. The van der Waals surface area contributed by atoms with Crippen molar-refractivity contribution in [1.82, 2.24) is 15.2 Å². The SMILES string of the molecule is Fc1cc2cn[nH]c2cc1OCc1cscn1. The number of benzene rings is 1. The molecule has 0 unspecified atom stereocenters. The number of aromatic amines is 1. The maximum atomic E-state index is 13.6. The molecule has 2 heterocycles. The molecule has 0 bridgehead atoms. The first-order valence-electron chi connectivity index (χ1n) is 4.95. The van der Waals surface area contributed by atoms with Crippen LogP contribution < -0.4 is 4.74 Å². The minimum absolute atomic E-state index is 0.203. The Labute approximate surface area is 100 Å². The number of halogens is 1. The van der Waals surface area contributed by atoms with Crippen molar-refractivity contribution in [2.45, 2.75) is 6.61 Å². The van der Waals surface area contributed by atoms with Gasteiger partial charge >= 0.3 is 0 Å². The lowest BCUT2D eigenvalue weighted by molar-refractivity contribution is 0.287. The van der Waals surface area contributed by atoms with Crippen LogP contribution in [0.2, 0.25) is 0 Å². The normalized spacial score (nSPS) is 10.9. The molecule has 0 amide bonds. The van der Waals surface area contributed by atoms with E-state index in [1.54, 1.807) is 17.8 Å². The van der Waals surface area contributed by atoms with Gasteiger partial charge in [-0.3, -0.25) is 5.10 Å². The molecule has 6 heteroatoms. The van der Waals surface area contributed by atoms with Gasteiger partial charge in [-0.15, -0.1) is 11.3 Å². The van der Waals surface area contributed by atoms with Crippen molar-refractivity contribution in [3.05, 3.63) is 40.7 Å². The molecule has 1 N–H and O–H groups in total. The lowest BCUT2D eigenvalue weighted by atomic mass is 10.2. The molecular formula is C11H8FN3OS. The monoisotopic (exact) mass is 249 g/mol. The largest absolute Gasteiger partial charge is 0.484 e. The molecule has 1 aromatic carbocycles. The number of hydrogen-bond donors (Lipinski definition) is 1. The Morgan fingerprint density at radius 3 is 3.18 bits per heavy atom. The Morgan fingerprint density at radius 1 is 1.41 bits per heavy atom. The van der Waals surface area contributed by atoms with Crippen molar-refractivity contribution < 1.29 is 9.13 Å². The predicted octanol–water partition coefficient (Wildman–Crippen LogP) is 2.74. The van der Waals surface area contributed by atoms with Crippen molar-refractivity contribution >= 4 is 22.2 Å². The Morgan fingerprint density at radius 2 is 2.35 bits per heavy atom. The summed E-state index contributed by atoms with van der Waals surface area (Å²) in [5.74, 6) is -0.191. The third kappa shape index (κ3) is 1.99. The van der Waals surface area contributed by atoms with Crippen LogP contribution in [0.5, 0.6) is 5.75 Å². The Hall–Kier alpha value is -1.95. The van der Waals surface area contributed by atoms with Gasteiger partial charge in [-0.2, -0.15) is 5.10 Å². The van der Waals surface area contributed by atoms with Gasteiger partial charge in [0.1, 0.15) is 6.61 Å². The van der Waals surface area contributed by atoms with Crippen LogP contribution in [-0.4, -0.2) is 15.2 Å². The van der Waals surface area contributed by atoms with Crippen molar-refractivity contribution in [3.8, 4) is 5.75 Å². The zero-order chi connectivity index (χ0) is 11.7. The van der Waals surface area contributed by atoms with Gasteiger partial charge in [0.05, 0.1) is 22.9 Å². The summed E-state index contributed by atoms with van der Waals surface area (Å²) in [6.07, 6.45) is 1.57. The van der Waals surface area contributed by atoms with E-state index in [-0.39, 0.29) is 12.4 Å². The van der Waals surface area contributed by atoms with Crippen LogP contribution in [0.15, 0.2) is 29.2 Å².